The van der Waals surface area contributed by atoms with Crippen LogP contribution in [0.25, 0.3) is 11.5 Å². The van der Waals surface area contributed by atoms with Crippen molar-refractivity contribution >= 4 is 0 Å². The highest BCUT2D eigenvalue weighted by atomic mass is 16.5. The Bertz CT molecular complexity index is 514. The molecule has 0 spiro atoms. The Kier molecular flexibility index (Phi) is 3.28. The fraction of sp³-hybridized carbons (Fsp3) is 0.500. The van der Waals surface area contributed by atoms with E-state index in [9.17, 15) is 0 Å². The normalized spacial score (nSPS) is 11.1. The lowest BCUT2D eigenvalue weighted by molar-refractivity contribution is 0.418. The van der Waals surface area contributed by atoms with Crippen molar-refractivity contribution < 1.29 is 8.94 Å². The Morgan fingerprint density at radius 1 is 1.18 bits per heavy atom. The van der Waals surface area contributed by atoms with Gasteiger partial charge in [0.2, 0.25) is 0 Å². The highest BCUT2D eigenvalue weighted by molar-refractivity contribution is 5.61. The van der Waals surface area contributed by atoms with Crippen LogP contribution in [-0.2, 0) is 6.54 Å². The first-order valence-corrected chi connectivity index (χ1v) is 5.73. The summed E-state index contributed by atoms with van der Waals surface area (Å²) in [6, 6.07) is 0. The van der Waals surface area contributed by atoms with E-state index in [0.717, 1.165) is 29.2 Å². The number of rotatable bonds is 4. The molecular weight excluding hydrogens is 218 g/mol. The molecule has 5 nitrogen and oxygen atoms in total. The molecule has 0 aliphatic heterocycles. The second-order valence-corrected chi connectivity index (χ2v) is 4.01. The first-order chi connectivity index (χ1) is 8.13. The fourth-order valence-corrected chi connectivity index (χ4v) is 1.77. The zero-order chi connectivity index (χ0) is 12.4. The van der Waals surface area contributed by atoms with E-state index in [0.29, 0.717) is 18.3 Å². The Labute approximate surface area is 100 Å². The lowest BCUT2D eigenvalue weighted by Gasteiger charge is -1.93. The van der Waals surface area contributed by atoms with Crippen LogP contribution < -0.4 is 5.32 Å². The van der Waals surface area contributed by atoms with Crippen molar-refractivity contribution in [3.63, 3.8) is 0 Å². The molecule has 0 aliphatic rings. The molecule has 0 saturated carbocycles. The molecule has 2 heterocycles. The molecule has 2 aromatic rings. The van der Waals surface area contributed by atoms with Crippen LogP contribution in [0.1, 0.15) is 29.8 Å². The van der Waals surface area contributed by atoms with Gasteiger partial charge in [0.15, 0.2) is 5.82 Å². The van der Waals surface area contributed by atoms with Crippen molar-refractivity contribution in [1.82, 2.24) is 15.5 Å². The maximum Gasteiger partial charge on any atom is 0.261 e. The van der Waals surface area contributed by atoms with E-state index in [1.54, 1.807) is 0 Å². The van der Waals surface area contributed by atoms with Gasteiger partial charge in [0, 0.05) is 5.56 Å². The first kappa shape index (κ1) is 11.9. The largest absolute Gasteiger partial charge is 0.466 e. The van der Waals surface area contributed by atoms with Gasteiger partial charge in [-0.05, 0) is 27.3 Å². The quantitative estimate of drug-likeness (QED) is 0.881. The minimum Gasteiger partial charge on any atom is -0.466 e. The van der Waals surface area contributed by atoms with Gasteiger partial charge in [0.25, 0.3) is 5.89 Å². The van der Waals surface area contributed by atoms with Gasteiger partial charge in [-0.3, -0.25) is 0 Å². The van der Waals surface area contributed by atoms with Gasteiger partial charge in [-0.1, -0.05) is 12.1 Å². The third kappa shape index (κ3) is 2.24. The highest BCUT2D eigenvalue weighted by Crippen LogP contribution is 2.30. The molecule has 0 amide bonds. The summed E-state index contributed by atoms with van der Waals surface area (Å²) in [5, 5.41) is 7.09. The van der Waals surface area contributed by atoms with Crippen LogP contribution in [0.15, 0.2) is 8.94 Å². The number of hydrogen-bond acceptors (Lipinski definition) is 5. The summed E-state index contributed by atoms with van der Waals surface area (Å²) in [5.74, 6) is 2.91. The van der Waals surface area contributed by atoms with Gasteiger partial charge < -0.3 is 14.3 Å². The van der Waals surface area contributed by atoms with Crippen LogP contribution in [-0.4, -0.2) is 16.7 Å². The lowest BCUT2D eigenvalue weighted by atomic mass is 10.1. The second-order valence-electron chi connectivity index (χ2n) is 4.01. The number of aromatic nitrogens is 2. The Morgan fingerprint density at radius 2 is 1.94 bits per heavy atom. The monoisotopic (exact) mass is 235 g/mol. The van der Waals surface area contributed by atoms with E-state index in [-0.39, 0.29) is 0 Å². The van der Waals surface area contributed by atoms with Crippen molar-refractivity contribution in [3.8, 4) is 11.5 Å². The molecule has 0 aromatic carbocycles. The smallest absolute Gasteiger partial charge is 0.261 e. The summed E-state index contributed by atoms with van der Waals surface area (Å²) in [7, 11) is 0. The molecule has 0 saturated heterocycles. The maximum atomic E-state index is 5.55. The van der Waals surface area contributed by atoms with Crippen LogP contribution in [0.4, 0.5) is 0 Å². The van der Waals surface area contributed by atoms with E-state index in [2.05, 4.69) is 15.5 Å². The van der Waals surface area contributed by atoms with Gasteiger partial charge >= 0.3 is 0 Å². The summed E-state index contributed by atoms with van der Waals surface area (Å²) in [5.41, 5.74) is 1.97. The summed E-state index contributed by atoms with van der Waals surface area (Å²) in [6.45, 7) is 9.37. The average molecular weight is 235 g/mol. The second kappa shape index (κ2) is 4.71. The van der Waals surface area contributed by atoms with E-state index in [1.807, 2.05) is 27.7 Å². The lowest BCUT2D eigenvalue weighted by Crippen LogP contribution is -2.12. The van der Waals surface area contributed by atoms with E-state index >= 15 is 0 Å². The van der Waals surface area contributed by atoms with Crippen LogP contribution in [0, 0.1) is 20.8 Å². The topological polar surface area (TPSA) is 64.1 Å². The fourth-order valence-electron chi connectivity index (χ4n) is 1.77. The zero-order valence-electron chi connectivity index (χ0n) is 10.6. The van der Waals surface area contributed by atoms with Crippen LogP contribution in [0.5, 0.6) is 0 Å². The van der Waals surface area contributed by atoms with Crippen molar-refractivity contribution in [1.29, 1.82) is 0 Å². The standard InChI is InChI=1S/C12H17N3O2/c1-5-13-6-10-14-12(17-15-10)11-7(2)8(3)16-9(11)4/h13H,5-6H2,1-4H3. The summed E-state index contributed by atoms with van der Waals surface area (Å²) in [4.78, 5) is 4.35. The minimum atomic E-state index is 0.532. The van der Waals surface area contributed by atoms with Crippen molar-refractivity contribution in [2.45, 2.75) is 34.2 Å². The molecule has 1 N–H and O–H groups in total. The maximum absolute atomic E-state index is 5.55. The summed E-state index contributed by atoms with van der Waals surface area (Å²) in [6.07, 6.45) is 0. The van der Waals surface area contributed by atoms with Crippen LogP contribution >= 0.6 is 0 Å². The van der Waals surface area contributed by atoms with Crippen molar-refractivity contribution in [3.05, 3.63) is 22.9 Å². The molecule has 0 bridgehead atoms. The first-order valence-electron chi connectivity index (χ1n) is 5.73. The van der Waals surface area contributed by atoms with E-state index in [4.69, 9.17) is 8.94 Å². The number of nitrogens with zero attached hydrogens (tertiary/aromatic N) is 2. The molecule has 0 atom stereocenters. The van der Waals surface area contributed by atoms with Gasteiger partial charge in [0.05, 0.1) is 12.1 Å². The summed E-state index contributed by atoms with van der Waals surface area (Å²) >= 11 is 0. The molecule has 92 valence electrons. The molecule has 0 fully saturated rings. The Balaban J connectivity index is 2.30. The number of furan rings is 1. The van der Waals surface area contributed by atoms with Crippen molar-refractivity contribution in [2.24, 2.45) is 0 Å². The van der Waals surface area contributed by atoms with Crippen LogP contribution in [0.2, 0.25) is 0 Å². The third-order valence-corrected chi connectivity index (χ3v) is 2.78. The highest BCUT2D eigenvalue weighted by Gasteiger charge is 2.18. The number of aryl methyl sites for hydroxylation is 2. The third-order valence-electron chi connectivity index (χ3n) is 2.78. The predicted octanol–water partition coefficient (Wildman–Crippen LogP) is 2.36. The van der Waals surface area contributed by atoms with Gasteiger partial charge in [-0.2, -0.15) is 4.98 Å². The molecule has 0 aliphatic carbocycles. The minimum absolute atomic E-state index is 0.532. The van der Waals surface area contributed by atoms with Gasteiger partial charge in [-0.15, -0.1) is 0 Å². The molecule has 17 heavy (non-hydrogen) atoms. The SMILES string of the molecule is CCNCc1noc(-c2c(C)oc(C)c2C)n1. The number of hydrogen-bond donors (Lipinski definition) is 1. The molecule has 5 heteroatoms. The van der Waals surface area contributed by atoms with E-state index in [1.165, 1.54) is 0 Å². The summed E-state index contributed by atoms with van der Waals surface area (Å²) < 4.78 is 10.8. The molecule has 2 rings (SSSR count). The van der Waals surface area contributed by atoms with Crippen LogP contribution in [0.3, 0.4) is 0 Å². The zero-order valence-corrected chi connectivity index (χ0v) is 10.6. The van der Waals surface area contributed by atoms with Gasteiger partial charge in [0.1, 0.15) is 11.5 Å². The molecule has 0 unspecified atom stereocenters. The molecule has 0 radical (unpaired) electrons. The van der Waals surface area contributed by atoms with Crippen molar-refractivity contribution in [2.75, 3.05) is 6.54 Å². The number of nitrogens with one attached hydrogen (secondary N) is 1. The molecular formula is C12H17N3O2. The average Bonchev–Trinajstić information content (AvgIpc) is 2.83. The predicted molar refractivity (Wildman–Crippen MR) is 63.6 cm³/mol. The Hall–Kier alpha value is -1.62. The molecule has 2 aromatic heterocycles. The van der Waals surface area contributed by atoms with E-state index < -0.39 is 0 Å². The van der Waals surface area contributed by atoms with Gasteiger partial charge in [-0.25, -0.2) is 0 Å². The Morgan fingerprint density at radius 3 is 2.53 bits per heavy atom.